The molecule has 0 unspecified atom stereocenters. The average molecular weight is 1280 g/mol. The first kappa shape index (κ1) is 66.9. The number of alkyl halides is 6. The Morgan fingerprint density at radius 2 is 0.921 bits per heavy atom. The summed E-state index contributed by atoms with van der Waals surface area (Å²) in [7, 11) is 0. The summed E-state index contributed by atoms with van der Waals surface area (Å²) in [5.41, 5.74) is 0.716. The van der Waals surface area contributed by atoms with Crippen molar-refractivity contribution in [3.8, 4) is 0 Å². The van der Waals surface area contributed by atoms with Gasteiger partial charge in [0, 0.05) is 53.5 Å². The Morgan fingerprint density at radius 1 is 0.539 bits per heavy atom. The summed E-state index contributed by atoms with van der Waals surface area (Å²) in [5.74, 6) is -5.20. The van der Waals surface area contributed by atoms with Crippen molar-refractivity contribution < 1.29 is 86.7 Å². The molecule has 473 valence electrons. The van der Waals surface area contributed by atoms with Crippen LogP contribution in [0.4, 0.5) is 57.9 Å². The number of carbonyl (C=O) groups is 5. The molecule has 4 atom stereocenters. The average Bonchev–Trinajstić information content (AvgIpc) is 1.78. The van der Waals surface area contributed by atoms with Gasteiger partial charge in [-0.05, 0) is 160 Å². The first-order valence-corrected chi connectivity index (χ1v) is 30.3. The Labute approximate surface area is 515 Å². The van der Waals surface area contributed by atoms with E-state index in [9.17, 15) is 64.2 Å². The van der Waals surface area contributed by atoms with Crippen LogP contribution in [0, 0.1) is 37.3 Å². The van der Waals surface area contributed by atoms with Crippen molar-refractivity contribution >= 4 is 52.7 Å². The second kappa shape index (κ2) is 30.0. The minimum absolute atomic E-state index is 0.0671. The zero-order valence-electron chi connectivity index (χ0n) is 48.8. The van der Waals surface area contributed by atoms with Crippen molar-refractivity contribution in [2.75, 3.05) is 34.4 Å². The minimum atomic E-state index is -4.79. The van der Waals surface area contributed by atoms with Gasteiger partial charge in [-0.25, -0.2) is 8.78 Å². The van der Waals surface area contributed by atoms with Crippen molar-refractivity contribution in [1.29, 1.82) is 0 Å². The topological polar surface area (TPSA) is 194 Å². The molecule has 2 aliphatic heterocycles. The number of likely N-dealkylation sites (tertiary alicyclic amines) is 2. The van der Waals surface area contributed by atoms with Gasteiger partial charge in [0.15, 0.2) is 6.29 Å². The number of aryl methyl sites for hydroxylation is 2. The summed E-state index contributed by atoms with van der Waals surface area (Å²) in [6.07, 6.45) is 1.26. The van der Waals surface area contributed by atoms with E-state index in [4.69, 9.17) is 7.67 Å². The fraction of sp³-hybridized carbons (Fsp3) is 0.379. The van der Waals surface area contributed by atoms with Gasteiger partial charge in [0.05, 0.1) is 52.8 Å². The number of rotatable bonds is 14. The number of aliphatic hydroxyl groups is 1. The zero-order chi connectivity index (χ0) is 64.2. The Balaban J connectivity index is 0.000000220. The van der Waals surface area contributed by atoms with Crippen LogP contribution in [0.5, 0.6) is 0 Å². The standard InChI is InChI=1S/C33H35F4N3O3.C33H33F4N3O3.Mn.2O/c2*1-20-6-4-10-28(34)29(20)32(43)40-17-5-9-26(30(40)21-11-14-24(15-12-21)38-23-7-2-3-8-23)31(42)39-25-16-13-22(19-41)27(18-25)33(35,36)37;;;/h4,6,10-16,18,23,26,30,38,41H,2-3,5,7-9,17,19H2,1H3,(H,39,42);4,6,10-16,18-19,23,26,30,38H,2-3,5,7-9,17H2,1H3,(H,39,42);;;/t2*26-,30-;;;/m00.../s1. The monoisotopic (exact) mass is 1280 g/mol. The van der Waals surface area contributed by atoms with Gasteiger partial charge in [0.2, 0.25) is 11.8 Å². The van der Waals surface area contributed by atoms with Crippen LogP contribution in [0.15, 0.2) is 121 Å². The van der Waals surface area contributed by atoms with Crippen LogP contribution < -0.4 is 21.3 Å². The number of benzene rings is 6. The number of nitrogens with one attached hydrogen (secondary N) is 4. The van der Waals surface area contributed by atoms with Crippen LogP contribution in [-0.4, -0.2) is 70.0 Å². The number of aldehydes is 1. The molecule has 0 bridgehead atoms. The number of hydrogen-bond donors (Lipinski definition) is 5. The van der Waals surface area contributed by atoms with Gasteiger partial charge in [-0.1, -0.05) is 80.3 Å². The summed E-state index contributed by atoms with van der Waals surface area (Å²) in [4.78, 5) is 69.4. The van der Waals surface area contributed by atoms with Crippen LogP contribution in [0.1, 0.15) is 159 Å². The summed E-state index contributed by atoms with van der Waals surface area (Å²) < 4.78 is 128. The fourth-order valence-corrected chi connectivity index (χ4v) is 12.6. The summed E-state index contributed by atoms with van der Waals surface area (Å²) >= 11 is -1.44. The van der Waals surface area contributed by atoms with Gasteiger partial charge in [-0.2, -0.15) is 26.3 Å². The Kier molecular flexibility index (Phi) is 22.6. The molecule has 0 spiro atoms. The van der Waals surface area contributed by atoms with Crippen LogP contribution in [0.25, 0.3) is 0 Å². The van der Waals surface area contributed by atoms with Crippen molar-refractivity contribution in [3.63, 3.8) is 0 Å². The third-order valence-electron chi connectivity index (χ3n) is 16.9. The van der Waals surface area contributed by atoms with E-state index < -0.39 is 110 Å². The number of halogens is 8. The molecular formula is C66H68F8MnN6O8. The van der Waals surface area contributed by atoms with E-state index >= 15 is 0 Å². The number of amides is 4. The molecule has 6 aromatic rings. The number of nitrogens with zero attached hydrogens (tertiary/aromatic N) is 2. The molecule has 2 saturated heterocycles. The maximum absolute atomic E-state index is 14.9. The molecule has 4 amide bonds. The molecule has 6 aromatic carbocycles. The van der Waals surface area contributed by atoms with Gasteiger partial charge in [0.1, 0.15) is 11.6 Å². The predicted molar refractivity (Wildman–Crippen MR) is 313 cm³/mol. The van der Waals surface area contributed by atoms with Crippen molar-refractivity contribution in [1.82, 2.24) is 9.80 Å². The molecule has 0 radical (unpaired) electrons. The Morgan fingerprint density at radius 3 is 1.29 bits per heavy atom. The molecule has 4 fully saturated rings. The fourth-order valence-electron chi connectivity index (χ4n) is 12.6. The molecule has 14 nitrogen and oxygen atoms in total. The van der Waals surface area contributed by atoms with Crippen molar-refractivity contribution in [2.24, 2.45) is 11.8 Å². The number of piperidine rings is 2. The molecule has 23 heteroatoms. The van der Waals surface area contributed by atoms with E-state index in [1.54, 1.807) is 26.0 Å². The maximum atomic E-state index is 14.9. The number of aliphatic hydroxyl groups excluding tert-OH is 1. The molecule has 0 aromatic heterocycles. The summed E-state index contributed by atoms with van der Waals surface area (Å²) in [6.45, 7) is 3.05. The SMILES string of the molecule is Cc1cccc(F)c1C(=O)N1CCC[C@H](C(=O)Nc2ccc(C=O)c(C(F)(F)F)c2)[C@@H]1c1ccc(NC2CCCC2)cc1.Cc1cccc(F)c1C(=O)N1CCC[C@H](C(=O)Nc2ccc(CO)c(C(F)(F)F)c2)[C@@H]1c1ccc(NC2CCCC2)cc1.[O]=[Mn]=[O]. The normalized spacial score (nSPS) is 18.8. The molecule has 2 heterocycles. The molecule has 2 aliphatic carbocycles. The number of carbonyl (C=O) groups excluding carboxylic acids is 5. The van der Waals surface area contributed by atoms with Crippen molar-refractivity contribution in [3.05, 3.63) is 189 Å². The van der Waals surface area contributed by atoms with Gasteiger partial charge in [0.25, 0.3) is 11.8 Å². The molecule has 4 aliphatic rings. The second-order valence-corrected chi connectivity index (χ2v) is 22.9. The van der Waals surface area contributed by atoms with E-state index in [0.717, 1.165) is 61.3 Å². The van der Waals surface area contributed by atoms with Crippen molar-refractivity contribution in [2.45, 2.75) is 134 Å². The van der Waals surface area contributed by atoms with E-state index in [-0.39, 0.29) is 47.4 Å². The molecule has 10 rings (SSSR count). The van der Waals surface area contributed by atoms with E-state index in [0.29, 0.717) is 60.0 Å². The third-order valence-corrected chi connectivity index (χ3v) is 16.9. The van der Waals surface area contributed by atoms with Crippen LogP contribution in [0.2, 0.25) is 0 Å². The zero-order valence-corrected chi connectivity index (χ0v) is 50.0. The molecular weight excluding hydrogens is 1210 g/mol. The van der Waals surface area contributed by atoms with E-state index in [2.05, 4.69) is 21.3 Å². The third kappa shape index (κ3) is 16.4. The number of hydrogen-bond acceptors (Lipinski definition) is 10. The first-order valence-electron chi connectivity index (χ1n) is 29.4. The summed E-state index contributed by atoms with van der Waals surface area (Å²) in [6, 6.07) is 29.2. The van der Waals surface area contributed by atoms with E-state index in [1.165, 1.54) is 71.9 Å². The van der Waals surface area contributed by atoms with Gasteiger partial charge in [-0.3, -0.25) is 24.0 Å². The molecule has 5 N–H and O–H groups in total. The summed E-state index contributed by atoms with van der Waals surface area (Å²) in [5, 5.41) is 21.6. The second-order valence-electron chi connectivity index (χ2n) is 22.7. The van der Waals surface area contributed by atoms with Gasteiger partial charge in [-0.15, -0.1) is 0 Å². The van der Waals surface area contributed by atoms with Crippen LogP contribution >= 0.6 is 0 Å². The first-order chi connectivity index (χ1) is 42.5. The van der Waals surface area contributed by atoms with E-state index in [1.807, 2.05) is 48.5 Å². The van der Waals surface area contributed by atoms with Crippen LogP contribution in [0.3, 0.4) is 0 Å². The Hall–Kier alpha value is -8.01. The Bertz CT molecular complexity index is 3490. The van der Waals surface area contributed by atoms with Gasteiger partial charge < -0.3 is 36.2 Å². The molecule has 2 saturated carbocycles. The number of anilines is 4. The predicted octanol–water partition coefficient (Wildman–Crippen LogP) is 14.5. The quantitative estimate of drug-likeness (QED) is 0.0398. The van der Waals surface area contributed by atoms with Gasteiger partial charge >= 0.3 is 34.8 Å². The molecule has 89 heavy (non-hydrogen) atoms. The van der Waals surface area contributed by atoms with Crippen LogP contribution in [-0.2, 0) is 51.0 Å².